The zero-order valence-corrected chi connectivity index (χ0v) is 42.3. The highest BCUT2D eigenvalue weighted by atomic mass is 16.6. The highest BCUT2D eigenvalue weighted by Gasteiger charge is 2.19. The van der Waals surface area contributed by atoms with E-state index in [1.165, 1.54) is 212 Å². The van der Waals surface area contributed by atoms with E-state index in [1.807, 2.05) is 0 Å². The van der Waals surface area contributed by atoms with Crippen molar-refractivity contribution in [2.75, 3.05) is 13.2 Å². The minimum atomic E-state index is -0.760. The summed E-state index contributed by atoms with van der Waals surface area (Å²) in [4.78, 5) is 38.0. The average molecular weight is 877 g/mol. The molecular weight excluding hydrogens is 769 g/mol. The summed E-state index contributed by atoms with van der Waals surface area (Å²) < 4.78 is 16.8. The van der Waals surface area contributed by atoms with Crippen LogP contribution in [-0.2, 0) is 28.6 Å². The van der Waals surface area contributed by atoms with Gasteiger partial charge in [-0.3, -0.25) is 14.4 Å². The maximum atomic E-state index is 12.8. The third-order valence-corrected chi connectivity index (χ3v) is 13.2. The van der Waals surface area contributed by atoms with Crippen molar-refractivity contribution in [2.24, 2.45) is 5.92 Å². The molecule has 0 aliphatic carbocycles. The molecule has 0 aliphatic heterocycles. The number of hydrogen-bond acceptors (Lipinski definition) is 6. The maximum absolute atomic E-state index is 12.8. The lowest BCUT2D eigenvalue weighted by Gasteiger charge is -2.18. The predicted octanol–water partition coefficient (Wildman–Crippen LogP) is 18.2. The predicted molar refractivity (Wildman–Crippen MR) is 266 cm³/mol. The van der Waals surface area contributed by atoms with E-state index in [0.717, 1.165) is 63.7 Å². The maximum Gasteiger partial charge on any atom is 0.306 e. The van der Waals surface area contributed by atoms with E-state index in [2.05, 4.69) is 27.7 Å². The van der Waals surface area contributed by atoms with E-state index >= 15 is 0 Å². The van der Waals surface area contributed by atoms with E-state index in [-0.39, 0.29) is 31.1 Å². The van der Waals surface area contributed by atoms with Gasteiger partial charge in [0.15, 0.2) is 6.10 Å². The third-order valence-electron chi connectivity index (χ3n) is 13.2. The molecule has 0 rings (SSSR count). The molecule has 0 aromatic heterocycles. The van der Waals surface area contributed by atoms with Crippen LogP contribution in [0, 0.1) is 5.92 Å². The van der Waals surface area contributed by atoms with Gasteiger partial charge in [-0.15, -0.1) is 0 Å². The zero-order chi connectivity index (χ0) is 45.2. The lowest BCUT2D eigenvalue weighted by Crippen LogP contribution is -2.30. The van der Waals surface area contributed by atoms with Gasteiger partial charge in [-0.2, -0.15) is 0 Å². The Bertz CT molecular complexity index is 935. The lowest BCUT2D eigenvalue weighted by atomic mass is 9.99. The SMILES string of the molecule is CCCCCCCCCCCCCCC(=O)OC[C@H](COC(=O)CCCCCCCCCCCC)OC(=O)CCCCCCCCCCCCCCCCCCCCC(C)CC. The van der Waals surface area contributed by atoms with Crippen LogP contribution in [0.1, 0.15) is 317 Å². The van der Waals surface area contributed by atoms with Crippen LogP contribution >= 0.6 is 0 Å². The fourth-order valence-electron chi connectivity index (χ4n) is 8.54. The molecule has 62 heavy (non-hydrogen) atoms. The molecule has 0 saturated heterocycles. The molecule has 0 aromatic rings. The van der Waals surface area contributed by atoms with E-state index in [9.17, 15) is 14.4 Å². The Kier molecular flexibility index (Phi) is 49.1. The number of rotatable bonds is 51. The summed E-state index contributed by atoms with van der Waals surface area (Å²) in [6.45, 7) is 9.08. The monoisotopic (exact) mass is 877 g/mol. The van der Waals surface area contributed by atoms with Crippen molar-refractivity contribution < 1.29 is 28.6 Å². The van der Waals surface area contributed by atoms with Gasteiger partial charge >= 0.3 is 17.9 Å². The van der Waals surface area contributed by atoms with Crippen LogP contribution in [0.4, 0.5) is 0 Å². The van der Waals surface area contributed by atoms with Gasteiger partial charge in [0, 0.05) is 19.3 Å². The van der Waals surface area contributed by atoms with Crippen LogP contribution in [0.5, 0.6) is 0 Å². The molecule has 0 heterocycles. The van der Waals surface area contributed by atoms with Gasteiger partial charge < -0.3 is 14.2 Å². The Morgan fingerprint density at radius 1 is 0.323 bits per heavy atom. The molecular formula is C56H108O6. The van der Waals surface area contributed by atoms with Crippen molar-refractivity contribution in [3.8, 4) is 0 Å². The summed E-state index contributed by atoms with van der Waals surface area (Å²) in [5, 5.41) is 0. The number of carbonyl (C=O) groups is 3. The third kappa shape index (κ3) is 47.9. The standard InChI is InChI=1S/C56H108O6/c1-5-8-10-12-14-16-18-28-32-36-40-44-48-55(58)61-51-53(50-60-54(57)47-43-39-35-31-17-15-13-11-9-6-2)62-56(59)49-45-41-37-33-29-26-24-22-20-19-21-23-25-27-30-34-38-42-46-52(4)7-3/h52-53H,5-51H2,1-4H3/t52?,53-/m0/s1. The van der Waals surface area contributed by atoms with Crippen LogP contribution in [0.2, 0.25) is 0 Å². The Hall–Kier alpha value is -1.59. The minimum Gasteiger partial charge on any atom is -0.462 e. The Morgan fingerprint density at radius 2 is 0.565 bits per heavy atom. The van der Waals surface area contributed by atoms with Crippen LogP contribution < -0.4 is 0 Å². The van der Waals surface area contributed by atoms with Gasteiger partial charge in [0.2, 0.25) is 0 Å². The lowest BCUT2D eigenvalue weighted by molar-refractivity contribution is -0.167. The van der Waals surface area contributed by atoms with Crippen molar-refractivity contribution in [3.05, 3.63) is 0 Å². The molecule has 0 bridgehead atoms. The van der Waals surface area contributed by atoms with Gasteiger partial charge in [-0.1, -0.05) is 278 Å². The van der Waals surface area contributed by atoms with Crippen molar-refractivity contribution >= 4 is 17.9 Å². The number of ether oxygens (including phenoxy) is 3. The van der Waals surface area contributed by atoms with Crippen molar-refractivity contribution in [1.82, 2.24) is 0 Å². The second-order valence-electron chi connectivity index (χ2n) is 19.5. The second-order valence-corrected chi connectivity index (χ2v) is 19.5. The first kappa shape index (κ1) is 60.4. The zero-order valence-electron chi connectivity index (χ0n) is 42.3. The second kappa shape index (κ2) is 50.4. The van der Waals surface area contributed by atoms with E-state index in [0.29, 0.717) is 19.3 Å². The molecule has 6 heteroatoms. The van der Waals surface area contributed by atoms with E-state index in [1.54, 1.807) is 0 Å². The smallest absolute Gasteiger partial charge is 0.306 e. The first-order valence-corrected chi connectivity index (χ1v) is 27.9. The summed E-state index contributed by atoms with van der Waals surface area (Å²) in [6.07, 6.45) is 53.8. The van der Waals surface area contributed by atoms with Crippen molar-refractivity contribution in [1.29, 1.82) is 0 Å². The van der Waals surface area contributed by atoms with Gasteiger partial charge in [-0.25, -0.2) is 0 Å². The fourth-order valence-corrected chi connectivity index (χ4v) is 8.54. The Morgan fingerprint density at radius 3 is 0.839 bits per heavy atom. The number of hydrogen-bond donors (Lipinski definition) is 0. The molecule has 0 spiro atoms. The molecule has 0 amide bonds. The molecule has 6 nitrogen and oxygen atoms in total. The quantitative estimate of drug-likeness (QED) is 0.0344. The molecule has 0 saturated carbocycles. The van der Waals surface area contributed by atoms with Gasteiger partial charge in [0.1, 0.15) is 13.2 Å². The molecule has 368 valence electrons. The summed E-state index contributed by atoms with van der Waals surface area (Å²) in [5.74, 6) is 0.0679. The van der Waals surface area contributed by atoms with Crippen molar-refractivity contribution in [2.45, 2.75) is 323 Å². The Balaban J connectivity index is 4.19. The largest absolute Gasteiger partial charge is 0.462 e. The normalized spacial score (nSPS) is 12.4. The first-order chi connectivity index (χ1) is 30.4. The summed E-state index contributed by atoms with van der Waals surface area (Å²) in [6, 6.07) is 0. The summed E-state index contributed by atoms with van der Waals surface area (Å²) in [5.41, 5.74) is 0. The highest BCUT2D eigenvalue weighted by Crippen LogP contribution is 2.18. The fraction of sp³-hybridized carbons (Fsp3) is 0.946. The molecule has 0 radical (unpaired) electrons. The van der Waals surface area contributed by atoms with Gasteiger partial charge in [0.05, 0.1) is 0 Å². The van der Waals surface area contributed by atoms with Crippen LogP contribution in [0.25, 0.3) is 0 Å². The topological polar surface area (TPSA) is 78.9 Å². The highest BCUT2D eigenvalue weighted by molar-refractivity contribution is 5.71. The molecule has 0 aromatic carbocycles. The molecule has 0 N–H and O–H groups in total. The number of esters is 3. The Labute approximate surface area is 387 Å². The molecule has 2 atom stereocenters. The number of carbonyl (C=O) groups excluding carboxylic acids is 3. The van der Waals surface area contributed by atoms with Crippen molar-refractivity contribution in [3.63, 3.8) is 0 Å². The summed E-state index contributed by atoms with van der Waals surface area (Å²) in [7, 11) is 0. The molecule has 1 unspecified atom stereocenters. The van der Waals surface area contributed by atoms with Gasteiger partial charge in [0.25, 0.3) is 0 Å². The summed E-state index contributed by atoms with van der Waals surface area (Å²) >= 11 is 0. The minimum absolute atomic E-state index is 0.0623. The molecule has 0 fully saturated rings. The van der Waals surface area contributed by atoms with E-state index in [4.69, 9.17) is 14.2 Å². The van der Waals surface area contributed by atoms with Crippen LogP contribution in [0.3, 0.4) is 0 Å². The van der Waals surface area contributed by atoms with E-state index < -0.39 is 6.10 Å². The molecule has 0 aliphatic rings. The van der Waals surface area contributed by atoms with Gasteiger partial charge in [-0.05, 0) is 25.2 Å². The average Bonchev–Trinajstić information content (AvgIpc) is 3.27. The van der Waals surface area contributed by atoms with Crippen LogP contribution in [-0.4, -0.2) is 37.2 Å². The first-order valence-electron chi connectivity index (χ1n) is 27.9. The van der Waals surface area contributed by atoms with Crippen LogP contribution in [0.15, 0.2) is 0 Å². The number of unbranched alkanes of at least 4 members (excludes halogenated alkanes) is 37.